The molecule has 48 heavy (non-hydrogen) atoms. The molecule has 3 heterocycles. The van der Waals surface area contributed by atoms with Crippen molar-refractivity contribution in [1.82, 2.24) is 19.4 Å². The smallest absolute Gasteiger partial charge is 0.280 e. The number of aliphatic hydroxyl groups is 1. The molecule has 2 aromatic carbocycles. The largest absolute Gasteiger partial charge is 0.490 e. The van der Waals surface area contributed by atoms with Gasteiger partial charge in [0, 0.05) is 51.1 Å². The number of nitrogens with one attached hydrogen (secondary N) is 1. The fourth-order valence-corrected chi connectivity index (χ4v) is 6.94. The Morgan fingerprint density at radius 3 is 2.62 bits per heavy atom. The number of nitrogens with zero attached hydrogens (tertiary/aromatic N) is 4. The molecule has 0 saturated carbocycles. The van der Waals surface area contributed by atoms with E-state index < -0.39 is 16.1 Å². The highest BCUT2D eigenvalue weighted by atomic mass is 32.2. The lowest BCUT2D eigenvalue weighted by atomic mass is 10.0. The van der Waals surface area contributed by atoms with Crippen LogP contribution in [-0.2, 0) is 28.4 Å². The first-order valence-corrected chi connectivity index (χ1v) is 17.8. The molecule has 3 aromatic rings. The van der Waals surface area contributed by atoms with Gasteiger partial charge in [0.25, 0.3) is 15.9 Å². The van der Waals surface area contributed by atoms with Crippen LogP contribution in [0.15, 0.2) is 53.9 Å². The zero-order valence-electron chi connectivity index (χ0n) is 28.3. The molecule has 2 aliphatic rings. The number of hydrogen-bond acceptors (Lipinski definition) is 10. The quantitative estimate of drug-likeness (QED) is 0.341. The summed E-state index contributed by atoms with van der Waals surface area (Å²) in [5, 5.41) is 10.1. The van der Waals surface area contributed by atoms with Crippen LogP contribution in [0.2, 0.25) is 0 Å². The molecule has 0 aliphatic carbocycles. The highest BCUT2D eigenvalue weighted by Crippen LogP contribution is 2.33. The lowest BCUT2D eigenvalue weighted by molar-refractivity contribution is -0.0177. The van der Waals surface area contributed by atoms with Gasteiger partial charge in [0.05, 0.1) is 36.7 Å². The van der Waals surface area contributed by atoms with Gasteiger partial charge in [-0.2, -0.15) is 8.42 Å². The van der Waals surface area contributed by atoms with E-state index in [1.807, 2.05) is 39.1 Å². The summed E-state index contributed by atoms with van der Waals surface area (Å²) in [6.07, 6.45) is 4.84. The number of ether oxygens (including phenoxy) is 4. The van der Waals surface area contributed by atoms with Crippen molar-refractivity contribution in [2.24, 2.45) is 13.0 Å². The number of aliphatic hydroxyl groups excluding tert-OH is 1. The Labute approximate surface area is 282 Å². The zero-order valence-corrected chi connectivity index (χ0v) is 29.1. The maximum absolute atomic E-state index is 14.4. The van der Waals surface area contributed by atoms with Crippen LogP contribution >= 0.6 is 0 Å². The van der Waals surface area contributed by atoms with Gasteiger partial charge >= 0.3 is 0 Å². The molecule has 2 aliphatic heterocycles. The van der Waals surface area contributed by atoms with Crippen LogP contribution in [0, 0.1) is 5.92 Å². The van der Waals surface area contributed by atoms with Crippen LogP contribution in [-0.4, -0.2) is 97.2 Å². The molecular weight excluding hydrogens is 638 g/mol. The standard InChI is InChI=1S/C34H47N5O8S/c1-23-16-39(24(2)20-40)34(41)28-15-27(36-48(42,43)33-19-38(5)21-35-33)10-12-29(28)47-25(3)8-6-7-13-44-32(23)18-37(4)17-26-9-11-30-31(14-26)46-22-45-30/h9-12,14-15,19,21,23-25,32,36,40H,6-8,13,16-18,20,22H2,1-5H3/t23-,24-,25+,32+/m0/s1. The molecule has 14 heteroatoms. The molecule has 0 bridgehead atoms. The van der Waals surface area contributed by atoms with E-state index in [1.54, 1.807) is 31.0 Å². The third-order valence-corrected chi connectivity index (χ3v) is 9.91. The van der Waals surface area contributed by atoms with Crippen LogP contribution in [0.4, 0.5) is 5.69 Å². The average molecular weight is 686 g/mol. The Morgan fingerprint density at radius 1 is 1.10 bits per heavy atom. The van der Waals surface area contributed by atoms with Gasteiger partial charge < -0.3 is 33.5 Å². The van der Waals surface area contributed by atoms with Crippen LogP contribution in [0.1, 0.15) is 56.0 Å². The van der Waals surface area contributed by atoms with Crippen molar-refractivity contribution in [2.45, 2.75) is 69.9 Å². The Bertz CT molecular complexity index is 1660. The SMILES string of the molecule is C[C@@H]1CCCCO[C@H](CN(C)Cc2ccc3c(c2)OCO3)[C@@H](C)CN([C@@H](C)CO)C(=O)c2cc(NS(=O)(=O)c3cn(C)cn3)ccc2O1. The van der Waals surface area contributed by atoms with Gasteiger partial charge in [-0.25, -0.2) is 4.98 Å². The Hall–Kier alpha value is -3.85. The molecule has 5 rings (SSSR count). The number of hydrogen-bond donors (Lipinski definition) is 2. The van der Waals surface area contributed by atoms with Crippen LogP contribution in [0.25, 0.3) is 0 Å². The van der Waals surface area contributed by atoms with E-state index in [1.165, 1.54) is 23.2 Å². The van der Waals surface area contributed by atoms with Crippen molar-refractivity contribution in [3.63, 3.8) is 0 Å². The van der Waals surface area contributed by atoms with Crippen molar-refractivity contribution in [1.29, 1.82) is 0 Å². The fourth-order valence-electron chi connectivity index (χ4n) is 5.91. The lowest BCUT2D eigenvalue weighted by Gasteiger charge is -2.36. The molecule has 1 aromatic heterocycles. The lowest BCUT2D eigenvalue weighted by Crippen LogP contribution is -2.47. The predicted octanol–water partition coefficient (Wildman–Crippen LogP) is 3.88. The number of likely N-dealkylation sites (N-methyl/N-ethyl adjacent to an activating group) is 1. The summed E-state index contributed by atoms with van der Waals surface area (Å²) in [5.74, 6) is 1.34. The topological polar surface area (TPSA) is 145 Å². The summed E-state index contributed by atoms with van der Waals surface area (Å²) in [5.41, 5.74) is 1.48. The molecule has 1 amide bonds. The monoisotopic (exact) mass is 685 g/mol. The minimum atomic E-state index is -4.01. The van der Waals surface area contributed by atoms with Crippen molar-refractivity contribution in [2.75, 3.05) is 44.9 Å². The van der Waals surface area contributed by atoms with E-state index in [-0.39, 0.29) is 53.7 Å². The molecule has 0 spiro atoms. The van der Waals surface area contributed by atoms with Gasteiger partial charge in [-0.3, -0.25) is 14.4 Å². The Kier molecular flexibility index (Phi) is 11.5. The number of fused-ring (bicyclic) bond motifs is 2. The molecule has 0 unspecified atom stereocenters. The molecule has 4 atom stereocenters. The fraction of sp³-hybridized carbons (Fsp3) is 0.529. The second-order valence-corrected chi connectivity index (χ2v) is 14.5. The van der Waals surface area contributed by atoms with Gasteiger partial charge in [0.2, 0.25) is 6.79 Å². The summed E-state index contributed by atoms with van der Waals surface area (Å²) in [6.45, 7) is 7.88. The van der Waals surface area contributed by atoms with E-state index in [0.717, 1.165) is 36.3 Å². The average Bonchev–Trinajstić information content (AvgIpc) is 3.71. The van der Waals surface area contributed by atoms with Crippen LogP contribution < -0.4 is 18.9 Å². The van der Waals surface area contributed by atoms with Gasteiger partial charge in [0.1, 0.15) is 5.75 Å². The number of anilines is 1. The maximum Gasteiger partial charge on any atom is 0.280 e. The number of rotatable bonds is 9. The maximum atomic E-state index is 14.4. The van der Waals surface area contributed by atoms with Gasteiger partial charge in [0.15, 0.2) is 16.5 Å². The number of carbonyl (C=O) groups is 1. The van der Waals surface area contributed by atoms with E-state index in [2.05, 4.69) is 14.6 Å². The summed E-state index contributed by atoms with van der Waals surface area (Å²) in [7, 11) is -0.290. The van der Waals surface area contributed by atoms with E-state index >= 15 is 0 Å². The van der Waals surface area contributed by atoms with Crippen molar-refractivity contribution in [3.05, 3.63) is 60.0 Å². The Morgan fingerprint density at radius 2 is 1.88 bits per heavy atom. The van der Waals surface area contributed by atoms with Crippen LogP contribution in [0.3, 0.4) is 0 Å². The highest BCUT2D eigenvalue weighted by molar-refractivity contribution is 7.92. The second kappa shape index (κ2) is 15.6. The summed E-state index contributed by atoms with van der Waals surface area (Å²) < 4.78 is 54.0. The normalized spacial score (nSPS) is 21.4. The Balaban J connectivity index is 1.40. The number of amides is 1. The van der Waals surface area contributed by atoms with Crippen molar-refractivity contribution >= 4 is 21.6 Å². The summed E-state index contributed by atoms with van der Waals surface area (Å²) >= 11 is 0. The molecule has 13 nitrogen and oxygen atoms in total. The van der Waals surface area contributed by atoms with Crippen molar-refractivity contribution in [3.8, 4) is 17.2 Å². The van der Waals surface area contributed by atoms with Gasteiger partial charge in [-0.1, -0.05) is 13.0 Å². The molecule has 262 valence electrons. The third-order valence-electron chi connectivity index (χ3n) is 8.64. The molecule has 0 fully saturated rings. The number of imidazole rings is 1. The van der Waals surface area contributed by atoms with Crippen LogP contribution in [0.5, 0.6) is 17.2 Å². The molecule has 0 radical (unpaired) electrons. The van der Waals surface area contributed by atoms with E-state index in [9.17, 15) is 18.3 Å². The minimum absolute atomic E-state index is 0.112. The number of carbonyl (C=O) groups excluding carboxylic acids is 1. The molecule has 0 saturated heterocycles. The number of benzene rings is 2. The number of aryl methyl sites for hydroxylation is 1. The molecular formula is C34H47N5O8S. The highest BCUT2D eigenvalue weighted by Gasteiger charge is 2.31. The summed E-state index contributed by atoms with van der Waals surface area (Å²) in [4.78, 5) is 22.2. The van der Waals surface area contributed by atoms with Gasteiger partial charge in [-0.05, 0) is 76.1 Å². The van der Waals surface area contributed by atoms with Gasteiger partial charge in [-0.15, -0.1) is 0 Å². The first kappa shape index (κ1) is 35.5. The van der Waals surface area contributed by atoms with E-state index in [4.69, 9.17) is 18.9 Å². The first-order chi connectivity index (χ1) is 22.9. The van der Waals surface area contributed by atoms with Crippen molar-refractivity contribution < 1.29 is 37.3 Å². The first-order valence-electron chi connectivity index (χ1n) is 16.4. The predicted molar refractivity (Wildman–Crippen MR) is 180 cm³/mol. The minimum Gasteiger partial charge on any atom is -0.490 e. The second-order valence-electron chi connectivity index (χ2n) is 12.9. The van der Waals surface area contributed by atoms with E-state index in [0.29, 0.717) is 32.0 Å². The summed E-state index contributed by atoms with van der Waals surface area (Å²) in [6, 6.07) is 10.1. The zero-order chi connectivity index (χ0) is 34.4. The molecule has 2 N–H and O–H groups in total. The third kappa shape index (κ3) is 8.78. The number of aromatic nitrogens is 2. The number of sulfonamides is 1.